The Hall–Kier alpha value is -0.570. The smallest absolute Gasteiger partial charge is 0.223 e. The lowest BCUT2D eigenvalue weighted by Gasteiger charge is -2.26. The van der Waals surface area contributed by atoms with Gasteiger partial charge in [-0.05, 0) is 18.3 Å². The van der Waals surface area contributed by atoms with Gasteiger partial charge in [0.1, 0.15) is 0 Å². The zero-order chi connectivity index (χ0) is 10.9. The summed E-state index contributed by atoms with van der Waals surface area (Å²) < 4.78 is 0. The summed E-state index contributed by atoms with van der Waals surface area (Å²) in [6.07, 6.45) is 0.216. The van der Waals surface area contributed by atoms with Crippen molar-refractivity contribution in [1.29, 1.82) is 0 Å². The average molecular weight is 199 g/mol. The largest absolute Gasteiger partial charge is 0.392 e. The predicted octanol–water partition coefficient (Wildman–Crippen LogP) is 1.26. The number of rotatable bonds is 2. The Bertz CT molecular complexity index is 218. The molecule has 0 aromatic rings. The number of likely N-dealkylation sites (tertiary alicyclic amines) is 1. The van der Waals surface area contributed by atoms with Crippen LogP contribution in [0.3, 0.4) is 0 Å². The molecule has 1 amide bonds. The average Bonchev–Trinajstić information content (AvgIpc) is 2.30. The van der Waals surface area contributed by atoms with Gasteiger partial charge in [0.2, 0.25) is 5.91 Å². The van der Waals surface area contributed by atoms with Gasteiger partial charge in [-0.15, -0.1) is 0 Å². The lowest BCUT2D eigenvalue weighted by Crippen LogP contribution is -2.33. The molecule has 0 spiro atoms. The van der Waals surface area contributed by atoms with Gasteiger partial charge in [0, 0.05) is 19.5 Å². The summed E-state index contributed by atoms with van der Waals surface area (Å²) in [5, 5.41) is 9.23. The molecule has 0 aromatic carbocycles. The first kappa shape index (κ1) is 11.5. The van der Waals surface area contributed by atoms with Gasteiger partial charge < -0.3 is 10.0 Å². The fourth-order valence-corrected chi connectivity index (χ4v) is 1.85. The van der Waals surface area contributed by atoms with Crippen molar-refractivity contribution in [3.63, 3.8) is 0 Å². The number of aliphatic hydroxyl groups is 1. The van der Waals surface area contributed by atoms with Crippen LogP contribution in [0.15, 0.2) is 0 Å². The molecule has 0 aromatic heterocycles. The number of amides is 1. The predicted molar refractivity (Wildman–Crippen MR) is 55.8 cm³/mol. The number of aliphatic hydroxyl groups excluding tert-OH is 1. The highest BCUT2D eigenvalue weighted by molar-refractivity contribution is 5.78. The summed E-state index contributed by atoms with van der Waals surface area (Å²) in [7, 11) is 0. The van der Waals surface area contributed by atoms with Gasteiger partial charge >= 0.3 is 0 Å². The van der Waals surface area contributed by atoms with Gasteiger partial charge in [-0.25, -0.2) is 0 Å². The summed E-state index contributed by atoms with van der Waals surface area (Å²) in [6, 6.07) is 0. The van der Waals surface area contributed by atoms with Gasteiger partial charge in [0.25, 0.3) is 0 Å². The van der Waals surface area contributed by atoms with Crippen LogP contribution >= 0.6 is 0 Å². The van der Waals surface area contributed by atoms with E-state index in [1.807, 2.05) is 0 Å². The van der Waals surface area contributed by atoms with Crippen LogP contribution in [0.4, 0.5) is 0 Å². The third-order valence-electron chi connectivity index (χ3n) is 2.92. The van der Waals surface area contributed by atoms with Crippen LogP contribution in [-0.4, -0.2) is 35.1 Å². The number of hydrogen-bond donors (Lipinski definition) is 1. The highest BCUT2D eigenvalue weighted by atomic mass is 16.3. The highest BCUT2D eigenvalue weighted by Gasteiger charge is 2.36. The van der Waals surface area contributed by atoms with E-state index < -0.39 is 6.10 Å². The van der Waals surface area contributed by atoms with Crippen LogP contribution in [-0.2, 0) is 4.79 Å². The third-order valence-corrected chi connectivity index (χ3v) is 2.92. The topological polar surface area (TPSA) is 40.5 Å². The Balaban J connectivity index is 2.56. The summed E-state index contributed by atoms with van der Waals surface area (Å²) >= 11 is 0. The minimum atomic E-state index is -0.419. The zero-order valence-corrected chi connectivity index (χ0v) is 9.58. The van der Waals surface area contributed by atoms with Crippen LogP contribution in [0.5, 0.6) is 0 Å². The second-order valence-corrected chi connectivity index (χ2v) is 5.41. The van der Waals surface area contributed by atoms with E-state index in [-0.39, 0.29) is 11.3 Å². The Kier molecular flexibility index (Phi) is 3.20. The van der Waals surface area contributed by atoms with Crippen molar-refractivity contribution < 1.29 is 9.90 Å². The Morgan fingerprint density at radius 3 is 2.50 bits per heavy atom. The molecule has 1 N–H and O–H groups in total. The summed E-state index contributed by atoms with van der Waals surface area (Å²) in [6.45, 7) is 9.49. The molecule has 1 fully saturated rings. The quantitative estimate of drug-likeness (QED) is 0.727. The van der Waals surface area contributed by atoms with E-state index in [1.54, 1.807) is 11.8 Å². The van der Waals surface area contributed by atoms with Crippen molar-refractivity contribution in [3.8, 4) is 0 Å². The van der Waals surface area contributed by atoms with Crippen molar-refractivity contribution in [2.45, 2.75) is 40.2 Å². The van der Waals surface area contributed by atoms with Gasteiger partial charge in [0.15, 0.2) is 0 Å². The number of β-amino-alcohol motifs (C(OH)–C–C–N with tert-alkyl or cyclic N) is 1. The molecule has 1 rings (SSSR count). The molecule has 0 radical (unpaired) electrons. The molecule has 1 aliphatic heterocycles. The van der Waals surface area contributed by atoms with Crippen molar-refractivity contribution in [1.82, 2.24) is 4.90 Å². The molecule has 1 aliphatic rings. The molecule has 14 heavy (non-hydrogen) atoms. The van der Waals surface area contributed by atoms with Crippen molar-refractivity contribution in [3.05, 3.63) is 0 Å². The summed E-state index contributed by atoms with van der Waals surface area (Å²) in [4.78, 5) is 13.4. The summed E-state index contributed by atoms with van der Waals surface area (Å²) in [5.74, 6) is 0.611. The van der Waals surface area contributed by atoms with E-state index in [1.165, 1.54) is 0 Å². The Labute approximate surface area is 86.1 Å². The van der Waals surface area contributed by atoms with Crippen molar-refractivity contribution >= 4 is 5.91 Å². The number of hydrogen-bond acceptors (Lipinski definition) is 2. The lowest BCUT2D eigenvalue weighted by atomic mass is 9.80. The van der Waals surface area contributed by atoms with Crippen LogP contribution in [0.1, 0.15) is 34.1 Å². The molecular formula is C11H21NO2. The number of carbonyl (C=O) groups excluding carboxylic acids is 1. The van der Waals surface area contributed by atoms with Gasteiger partial charge in [-0.3, -0.25) is 4.79 Å². The maximum absolute atomic E-state index is 11.6. The van der Waals surface area contributed by atoms with Crippen molar-refractivity contribution in [2.75, 3.05) is 13.1 Å². The molecule has 1 unspecified atom stereocenters. The second kappa shape index (κ2) is 3.89. The third kappa shape index (κ3) is 2.71. The first-order valence-electron chi connectivity index (χ1n) is 5.26. The molecule has 0 aliphatic carbocycles. The molecule has 1 heterocycles. The van der Waals surface area contributed by atoms with E-state index in [9.17, 15) is 9.90 Å². The maximum Gasteiger partial charge on any atom is 0.223 e. The number of nitrogens with zero attached hydrogens (tertiary/aromatic N) is 1. The fourth-order valence-electron chi connectivity index (χ4n) is 1.85. The zero-order valence-electron chi connectivity index (χ0n) is 9.58. The molecule has 82 valence electrons. The fraction of sp³-hybridized carbons (Fsp3) is 0.909. The SMILES string of the molecule is C[C@@H](O)CN1CC(C(C)(C)C)CC1=O. The molecule has 0 bridgehead atoms. The second-order valence-electron chi connectivity index (χ2n) is 5.41. The van der Waals surface area contributed by atoms with Crippen LogP contribution in [0, 0.1) is 11.3 Å². The monoisotopic (exact) mass is 199 g/mol. The van der Waals surface area contributed by atoms with E-state index in [0.717, 1.165) is 6.54 Å². The van der Waals surface area contributed by atoms with Crippen LogP contribution < -0.4 is 0 Å². The minimum absolute atomic E-state index is 0.184. The molecular weight excluding hydrogens is 178 g/mol. The van der Waals surface area contributed by atoms with E-state index in [4.69, 9.17) is 0 Å². The van der Waals surface area contributed by atoms with E-state index >= 15 is 0 Å². The molecule has 2 atom stereocenters. The van der Waals surface area contributed by atoms with Gasteiger partial charge in [0.05, 0.1) is 6.10 Å². The van der Waals surface area contributed by atoms with Crippen LogP contribution in [0.25, 0.3) is 0 Å². The molecule has 0 saturated carbocycles. The standard InChI is InChI=1S/C11H21NO2/c1-8(13)6-12-7-9(5-10(12)14)11(2,3)4/h8-9,13H,5-7H2,1-4H3/t8-,9?/m1/s1. The first-order valence-corrected chi connectivity index (χ1v) is 5.26. The van der Waals surface area contributed by atoms with Crippen molar-refractivity contribution in [2.24, 2.45) is 11.3 Å². The first-order chi connectivity index (χ1) is 6.30. The Morgan fingerprint density at radius 2 is 2.14 bits per heavy atom. The maximum atomic E-state index is 11.6. The Morgan fingerprint density at radius 1 is 1.57 bits per heavy atom. The minimum Gasteiger partial charge on any atom is -0.392 e. The molecule has 3 nitrogen and oxygen atoms in total. The van der Waals surface area contributed by atoms with Crippen LogP contribution in [0.2, 0.25) is 0 Å². The van der Waals surface area contributed by atoms with Gasteiger partial charge in [-0.2, -0.15) is 0 Å². The summed E-state index contributed by atoms with van der Waals surface area (Å²) in [5.41, 5.74) is 0.184. The molecule has 1 saturated heterocycles. The number of carbonyl (C=O) groups is 1. The normalized spacial score (nSPS) is 25.6. The highest BCUT2D eigenvalue weighted by Crippen LogP contribution is 2.34. The molecule has 3 heteroatoms. The van der Waals surface area contributed by atoms with E-state index in [2.05, 4.69) is 20.8 Å². The van der Waals surface area contributed by atoms with Gasteiger partial charge in [-0.1, -0.05) is 20.8 Å². The lowest BCUT2D eigenvalue weighted by molar-refractivity contribution is -0.128. The van der Waals surface area contributed by atoms with E-state index in [0.29, 0.717) is 18.9 Å².